The molecule has 1 aliphatic rings. The van der Waals surface area contributed by atoms with Crippen molar-refractivity contribution in [3.05, 3.63) is 28.4 Å². The third-order valence-corrected chi connectivity index (χ3v) is 5.25. The van der Waals surface area contributed by atoms with Gasteiger partial charge in [0.1, 0.15) is 18.8 Å². The molecule has 1 amide bonds. The molecule has 1 N–H and O–H groups in total. The Morgan fingerprint density at radius 3 is 2.15 bits per heavy atom. The molecule has 0 aliphatic carbocycles. The van der Waals surface area contributed by atoms with Crippen LogP contribution >= 0.6 is 0 Å². The first-order chi connectivity index (χ1) is 18.9. The predicted octanol–water partition coefficient (Wildman–Crippen LogP) is -0.818. The number of rotatable bonds is 12. The Morgan fingerprint density at radius 1 is 0.950 bits per heavy atom. The van der Waals surface area contributed by atoms with Gasteiger partial charge < -0.3 is 33.7 Å². The Bertz CT molecular complexity index is 1180. The van der Waals surface area contributed by atoms with E-state index in [2.05, 4.69) is 10.3 Å². The van der Waals surface area contributed by atoms with Gasteiger partial charge in [0.05, 0.1) is 19.6 Å². The average molecular weight is 570 g/mol. The van der Waals surface area contributed by atoms with Crippen molar-refractivity contribution < 1.29 is 57.2 Å². The highest BCUT2D eigenvalue weighted by molar-refractivity contribution is 5.96. The molecular formula is C24H31N3O13. The minimum absolute atomic E-state index is 0.0327. The van der Waals surface area contributed by atoms with Gasteiger partial charge in [-0.15, -0.1) is 0 Å². The molecule has 0 bridgehead atoms. The monoisotopic (exact) mass is 569 g/mol. The van der Waals surface area contributed by atoms with Crippen LogP contribution in [0.4, 0.5) is 0 Å². The summed E-state index contributed by atoms with van der Waals surface area (Å²) in [6, 6.07) is -1.49. The molecule has 1 aliphatic heterocycles. The molecule has 220 valence electrons. The van der Waals surface area contributed by atoms with Crippen molar-refractivity contribution in [1.29, 1.82) is 0 Å². The second-order valence-corrected chi connectivity index (χ2v) is 8.29. The lowest BCUT2D eigenvalue weighted by atomic mass is 10.1. The molecule has 2 rings (SSSR count). The summed E-state index contributed by atoms with van der Waals surface area (Å²) in [5.74, 6) is -5.11. The predicted molar refractivity (Wildman–Crippen MR) is 129 cm³/mol. The fraction of sp³-hybridized carbons (Fsp3) is 0.583. The van der Waals surface area contributed by atoms with Gasteiger partial charge in [-0.25, -0.2) is 9.78 Å². The van der Waals surface area contributed by atoms with E-state index in [-0.39, 0.29) is 13.2 Å². The molecule has 1 saturated heterocycles. The maximum atomic E-state index is 13.4. The zero-order chi connectivity index (χ0) is 30.0. The van der Waals surface area contributed by atoms with Crippen molar-refractivity contribution in [1.82, 2.24) is 14.9 Å². The minimum Gasteiger partial charge on any atom is -0.466 e. The first kappa shape index (κ1) is 31.9. The van der Waals surface area contributed by atoms with E-state index in [1.54, 1.807) is 6.92 Å². The van der Waals surface area contributed by atoms with Crippen molar-refractivity contribution >= 4 is 35.8 Å². The van der Waals surface area contributed by atoms with Crippen LogP contribution in [0.15, 0.2) is 17.2 Å². The molecule has 0 aromatic carbocycles. The topological polar surface area (TPSA) is 205 Å². The van der Waals surface area contributed by atoms with E-state index in [1.165, 1.54) is 6.92 Å². The van der Waals surface area contributed by atoms with Gasteiger partial charge in [-0.2, -0.15) is 0 Å². The molecule has 16 nitrogen and oxygen atoms in total. The van der Waals surface area contributed by atoms with E-state index in [1.807, 2.05) is 0 Å². The molecule has 16 heteroatoms. The number of nitrogens with one attached hydrogen (secondary N) is 1. The second kappa shape index (κ2) is 14.7. The Morgan fingerprint density at radius 2 is 1.57 bits per heavy atom. The molecule has 5 atom stereocenters. The van der Waals surface area contributed by atoms with Crippen molar-refractivity contribution in [2.75, 3.05) is 19.8 Å². The number of esters is 5. The van der Waals surface area contributed by atoms with Crippen LogP contribution in [0, 0.1) is 0 Å². The summed E-state index contributed by atoms with van der Waals surface area (Å²) < 4.78 is 31.9. The van der Waals surface area contributed by atoms with E-state index in [4.69, 9.17) is 28.4 Å². The lowest BCUT2D eigenvalue weighted by Crippen LogP contribution is -2.46. The van der Waals surface area contributed by atoms with Gasteiger partial charge >= 0.3 is 29.8 Å². The molecule has 1 aromatic heterocycles. The number of hydrogen-bond acceptors (Lipinski definition) is 14. The summed E-state index contributed by atoms with van der Waals surface area (Å²) in [6.45, 7) is 5.97. The van der Waals surface area contributed by atoms with Crippen LogP contribution < -0.4 is 10.9 Å². The Labute approximate surface area is 228 Å². The zero-order valence-corrected chi connectivity index (χ0v) is 22.6. The Kier molecular flexibility index (Phi) is 11.7. The highest BCUT2D eigenvalue weighted by Crippen LogP contribution is 2.33. The molecule has 1 fully saturated rings. The zero-order valence-electron chi connectivity index (χ0n) is 22.6. The van der Waals surface area contributed by atoms with E-state index in [9.17, 15) is 33.6 Å². The third-order valence-electron chi connectivity index (χ3n) is 5.25. The van der Waals surface area contributed by atoms with Crippen LogP contribution in [0.5, 0.6) is 0 Å². The Balaban J connectivity index is 2.44. The highest BCUT2D eigenvalue weighted by atomic mass is 16.7. The SMILES string of the molecule is CCOC(=O)C[C@@H](NC(=O)c1nccn([C@@H]2O[C@H](COC(C)=O)[C@@H](OC(C)=O)C2OC(C)=O)c1=O)C(=O)OCC. The average Bonchev–Trinajstić information content (AvgIpc) is 3.18. The van der Waals surface area contributed by atoms with Crippen LogP contribution in [0.25, 0.3) is 0 Å². The van der Waals surface area contributed by atoms with Crippen LogP contribution in [0.3, 0.4) is 0 Å². The lowest BCUT2D eigenvalue weighted by Gasteiger charge is -2.24. The van der Waals surface area contributed by atoms with Gasteiger partial charge in [-0.05, 0) is 13.8 Å². The Hall–Kier alpha value is -4.34. The maximum Gasteiger partial charge on any atom is 0.329 e. The van der Waals surface area contributed by atoms with E-state index < -0.39 is 90.6 Å². The number of ether oxygens (including phenoxy) is 6. The van der Waals surface area contributed by atoms with Crippen LogP contribution in [-0.2, 0) is 52.4 Å². The fourth-order valence-corrected chi connectivity index (χ4v) is 3.75. The quantitative estimate of drug-likeness (QED) is 0.241. The molecule has 2 heterocycles. The normalized spacial score (nSPS) is 20.5. The fourth-order valence-electron chi connectivity index (χ4n) is 3.75. The smallest absolute Gasteiger partial charge is 0.329 e. The van der Waals surface area contributed by atoms with Gasteiger partial charge in [0.25, 0.3) is 11.5 Å². The van der Waals surface area contributed by atoms with Crippen molar-refractivity contribution in [2.24, 2.45) is 0 Å². The number of amides is 1. The van der Waals surface area contributed by atoms with E-state index >= 15 is 0 Å². The van der Waals surface area contributed by atoms with Gasteiger partial charge in [0, 0.05) is 33.2 Å². The standard InChI is InChI=1S/C24H31N3O13/c1-6-35-17(31)10-15(24(34)36-7-2)26-21(32)18-22(33)27(9-8-25-18)23-20(39-14(5)30)19(38-13(4)29)16(40-23)11-37-12(3)28/h8-9,15-16,19-20,23H,6-7,10-11H2,1-5H3,(H,26,32)/t15-,16-,19-,20?,23-/m1/s1. The highest BCUT2D eigenvalue weighted by Gasteiger charge is 2.51. The molecule has 0 saturated carbocycles. The number of hydrogen-bond donors (Lipinski definition) is 1. The summed E-state index contributed by atoms with van der Waals surface area (Å²) in [4.78, 5) is 89.4. The lowest BCUT2D eigenvalue weighted by molar-refractivity contribution is -0.166. The van der Waals surface area contributed by atoms with Crippen LogP contribution in [0.1, 0.15) is 57.8 Å². The second-order valence-electron chi connectivity index (χ2n) is 8.29. The van der Waals surface area contributed by atoms with E-state index in [0.717, 1.165) is 37.7 Å². The molecule has 1 unspecified atom stereocenters. The van der Waals surface area contributed by atoms with Gasteiger partial charge in [-0.1, -0.05) is 0 Å². The van der Waals surface area contributed by atoms with Gasteiger partial charge in [0.2, 0.25) is 0 Å². The van der Waals surface area contributed by atoms with Gasteiger partial charge in [-0.3, -0.25) is 33.3 Å². The summed E-state index contributed by atoms with van der Waals surface area (Å²) >= 11 is 0. The molecule has 0 radical (unpaired) electrons. The first-order valence-corrected chi connectivity index (χ1v) is 12.2. The number of carbonyl (C=O) groups excluding carboxylic acids is 6. The molecule has 1 aromatic rings. The maximum absolute atomic E-state index is 13.4. The molecular weight excluding hydrogens is 538 g/mol. The van der Waals surface area contributed by atoms with Crippen molar-refractivity contribution in [3.63, 3.8) is 0 Å². The first-order valence-electron chi connectivity index (χ1n) is 12.2. The summed E-state index contributed by atoms with van der Waals surface area (Å²) in [5.41, 5.74) is -1.76. The largest absolute Gasteiger partial charge is 0.466 e. The van der Waals surface area contributed by atoms with Gasteiger partial charge in [0.15, 0.2) is 24.1 Å². The number of aromatic nitrogens is 2. The van der Waals surface area contributed by atoms with Crippen molar-refractivity contribution in [2.45, 2.75) is 71.6 Å². The summed E-state index contributed by atoms with van der Waals surface area (Å²) in [5, 5.41) is 2.24. The molecule has 0 spiro atoms. The van der Waals surface area contributed by atoms with Crippen LogP contribution in [0.2, 0.25) is 0 Å². The molecule has 40 heavy (non-hydrogen) atoms. The summed E-state index contributed by atoms with van der Waals surface area (Å²) in [6.07, 6.45) is -3.67. The third kappa shape index (κ3) is 8.59. The number of nitrogens with zero attached hydrogens (tertiary/aromatic N) is 2. The van der Waals surface area contributed by atoms with Crippen molar-refractivity contribution in [3.8, 4) is 0 Å². The minimum atomic E-state index is -1.49. The number of carbonyl (C=O) groups is 6. The van der Waals surface area contributed by atoms with Crippen LogP contribution in [-0.4, -0.2) is 89.5 Å². The van der Waals surface area contributed by atoms with E-state index in [0.29, 0.717) is 0 Å². The summed E-state index contributed by atoms with van der Waals surface area (Å²) in [7, 11) is 0.